The van der Waals surface area contributed by atoms with Crippen molar-refractivity contribution in [3.8, 4) is 0 Å². The van der Waals surface area contributed by atoms with Crippen LogP contribution in [0.5, 0.6) is 0 Å². The Kier molecular flexibility index (Phi) is 2.72. The van der Waals surface area contributed by atoms with E-state index < -0.39 is 0 Å². The van der Waals surface area contributed by atoms with Crippen LogP contribution in [0.3, 0.4) is 0 Å². The number of nitrogens with zero attached hydrogens (tertiary/aromatic N) is 4. The molecular formula is C9H17N5S. The summed E-state index contributed by atoms with van der Waals surface area (Å²) in [6.07, 6.45) is 2.32. The number of thioether (sulfide) groups is 1. The Hall–Kier alpha value is -0.620. The third kappa shape index (κ3) is 2.01. The first-order chi connectivity index (χ1) is 7.00. The van der Waals surface area contributed by atoms with Gasteiger partial charge in [-0.3, -0.25) is 0 Å². The molecule has 2 unspecified atom stereocenters. The summed E-state index contributed by atoms with van der Waals surface area (Å²) in [7, 11) is 1.86. The molecule has 1 saturated carbocycles. The van der Waals surface area contributed by atoms with Gasteiger partial charge in [-0.05, 0) is 28.7 Å². The molecule has 6 heteroatoms. The summed E-state index contributed by atoms with van der Waals surface area (Å²) in [6.45, 7) is 4.46. The zero-order valence-electron chi connectivity index (χ0n) is 9.34. The van der Waals surface area contributed by atoms with Gasteiger partial charge in [0.25, 0.3) is 0 Å². The fourth-order valence-corrected chi connectivity index (χ4v) is 3.25. The second-order valence-electron chi connectivity index (χ2n) is 4.79. The van der Waals surface area contributed by atoms with E-state index in [0.29, 0.717) is 5.25 Å². The first kappa shape index (κ1) is 10.9. The molecule has 0 amide bonds. The molecule has 1 aliphatic carbocycles. The average molecular weight is 227 g/mol. The molecule has 1 aromatic rings. The van der Waals surface area contributed by atoms with E-state index in [1.165, 1.54) is 6.42 Å². The van der Waals surface area contributed by atoms with E-state index in [2.05, 4.69) is 29.4 Å². The molecule has 0 spiro atoms. The van der Waals surface area contributed by atoms with Crippen molar-refractivity contribution < 1.29 is 0 Å². The monoisotopic (exact) mass is 227 g/mol. The van der Waals surface area contributed by atoms with Crippen molar-refractivity contribution in [2.75, 3.05) is 0 Å². The maximum atomic E-state index is 6.22. The van der Waals surface area contributed by atoms with Gasteiger partial charge < -0.3 is 5.73 Å². The first-order valence-corrected chi connectivity index (χ1v) is 6.03. The van der Waals surface area contributed by atoms with Gasteiger partial charge in [0, 0.05) is 18.3 Å². The lowest BCUT2D eigenvalue weighted by molar-refractivity contribution is 0.334. The second kappa shape index (κ2) is 3.75. The SMILES string of the molecule is Cn1nnnc1SC1CCC(C)(C)C1N. The minimum Gasteiger partial charge on any atom is -0.326 e. The van der Waals surface area contributed by atoms with Crippen molar-refractivity contribution in [1.82, 2.24) is 20.2 Å². The normalized spacial score (nSPS) is 29.6. The van der Waals surface area contributed by atoms with Crippen molar-refractivity contribution in [3.05, 3.63) is 0 Å². The van der Waals surface area contributed by atoms with E-state index in [-0.39, 0.29) is 11.5 Å². The minimum atomic E-state index is 0.221. The molecule has 0 radical (unpaired) electrons. The van der Waals surface area contributed by atoms with Crippen molar-refractivity contribution in [2.45, 2.75) is 43.1 Å². The third-order valence-electron chi connectivity index (χ3n) is 3.21. The Balaban J connectivity index is 2.06. The van der Waals surface area contributed by atoms with E-state index in [0.717, 1.165) is 11.6 Å². The van der Waals surface area contributed by atoms with Crippen LogP contribution < -0.4 is 5.73 Å². The summed E-state index contributed by atoms with van der Waals surface area (Å²) < 4.78 is 1.70. The average Bonchev–Trinajstić information content (AvgIpc) is 2.66. The molecule has 0 aromatic carbocycles. The molecule has 0 saturated heterocycles. The molecule has 84 valence electrons. The van der Waals surface area contributed by atoms with Gasteiger partial charge in [0.05, 0.1) is 0 Å². The van der Waals surface area contributed by atoms with Crippen molar-refractivity contribution >= 4 is 11.8 Å². The number of hydrogen-bond donors (Lipinski definition) is 1. The van der Waals surface area contributed by atoms with Crippen LogP contribution in [-0.2, 0) is 7.05 Å². The maximum absolute atomic E-state index is 6.22. The topological polar surface area (TPSA) is 69.6 Å². The fraction of sp³-hybridized carbons (Fsp3) is 0.889. The standard InChI is InChI=1S/C9H17N5S/c1-9(2)5-4-6(7(9)10)15-8-11-12-13-14(8)3/h6-7H,4-5,10H2,1-3H3. The molecule has 5 nitrogen and oxygen atoms in total. The van der Waals surface area contributed by atoms with E-state index >= 15 is 0 Å². The van der Waals surface area contributed by atoms with Gasteiger partial charge in [0.15, 0.2) is 0 Å². The van der Waals surface area contributed by atoms with Gasteiger partial charge in [-0.1, -0.05) is 25.6 Å². The number of tetrazole rings is 1. The van der Waals surface area contributed by atoms with Crippen LogP contribution in [0.4, 0.5) is 0 Å². The van der Waals surface area contributed by atoms with Crippen molar-refractivity contribution in [1.29, 1.82) is 0 Å². The molecule has 1 heterocycles. The Morgan fingerprint density at radius 2 is 2.27 bits per heavy atom. The summed E-state index contributed by atoms with van der Waals surface area (Å²) in [6, 6.07) is 0.221. The Morgan fingerprint density at radius 3 is 2.73 bits per heavy atom. The van der Waals surface area contributed by atoms with Crippen molar-refractivity contribution in [2.24, 2.45) is 18.2 Å². The molecule has 2 atom stereocenters. The molecule has 1 aromatic heterocycles. The van der Waals surface area contributed by atoms with Crippen LogP contribution >= 0.6 is 11.8 Å². The first-order valence-electron chi connectivity index (χ1n) is 5.15. The predicted molar refractivity (Wildman–Crippen MR) is 59.4 cm³/mol. The highest BCUT2D eigenvalue weighted by molar-refractivity contribution is 7.99. The molecule has 1 fully saturated rings. The van der Waals surface area contributed by atoms with E-state index in [9.17, 15) is 0 Å². The zero-order valence-corrected chi connectivity index (χ0v) is 10.2. The molecule has 1 aliphatic rings. The lowest BCUT2D eigenvalue weighted by Crippen LogP contribution is -2.38. The van der Waals surface area contributed by atoms with E-state index in [1.807, 2.05) is 7.05 Å². The number of aryl methyl sites for hydroxylation is 1. The molecule has 0 aliphatic heterocycles. The fourth-order valence-electron chi connectivity index (χ4n) is 1.95. The van der Waals surface area contributed by atoms with Gasteiger partial charge in [-0.25, -0.2) is 4.68 Å². The van der Waals surface area contributed by atoms with E-state index in [1.54, 1.807) is 16.4 Å². The highest BCUT2D eigenvalue weighted by Crippen LogP contribution is 2.43. The van der Waals surface area contributed by atoms with E-state index in [4.69, 9.17) is 5.73 Å². The number of nitrogens with two attached hydrogens (primary N) is 1. The van der Waals surface area contributed by atoms with Gasteiger partial charge in [-0.15, -0.1) is 5.10 Å². The van der Waals surface area contributed by atoms with Gasteiger partial charge in [-0.2, -0.15) is 0 Å². The summed E-state index contributed by atoms with van der Waals surface area (Å²) >= 11 is 1.70. The van der Waals surface area contributed by atoms with Gasteiger partial charge in [0.1, 0.15) is 0 Å². The lowest BCUT2D eigenvalue weighted by Gasteiger charge is -2.26. The molecule has 2 rings (SSSR count). The number of aromatic nitrogens is 4. The summed E-state index contributed by atoms with van der Waals surface area (Å²) in [5.74, 6) is 0. The third-order valence-corrected chi connectivity index (χ3v) is 4.60. The zero-order chi connectivity index (χ0) is 11.1. The van der Waals surface area contributed by atoms with Gasteiger partial charge in [0.2, 0.25) is 5.16 Å². The largest absolute Gasteiger partial charge is 0.326 e. The number of hydrogen-bond acceptors (Lipinski definition) is 5. The summed E-state index contributed by atoms with van der Waals surface area (Å²) in [4.78, 5) is 0. The van der Waals surface area contributed by atoms with Gasteiger partial charge >= 0.3 is 0 Å². The van der Waals surface area contributed by atoms with Crippen LogP contribution in [0.2, 0.25) is 0 Å². The Bertz CT molecular complexity index is 348. The molecule has 0 bridgehead atoms. The summed E-state index contributed by atoms with van der Waals surface area (Å²) in [5, 5.41) is 12.7. The Morgan fingerprint density at radius 1 is 1.53 bits per heavy atom. The van der Waals surface area contributed by atoms with Crippen LogP contribution in [0.1, 0.15) is 26.7 Å². The lowest BCUT2D eigenvalue weighted by atomic mass is 9.88. The van der Waals surface area contributed by atoms with Crippen LogP contribution in [0, 0.1) is 5.41 Å². The van der Waals surface area contributed by atoms with Crippen LogP contribution in [0.15, 0.2) is 5.16 Å². The highest BCUT2D eigenvalue weighted by Gasteiger charge is 2.40. The van der Waals surface area contributed by atoms with Crippen LogP contribution in [-0.4, -0.2) is 31.5 Å². The Labute approximate surface area is 93.8 Å². The molecule has 2 N–H and O–H groups in total. The quantitative estimate of drug-likeness (QED) is 0.810. The summed E-state index contributed by atoms with van der Waals surface area (Å²) in [5.41, 5.74) is 6.46. The van der Waals surface area contributed by atoms with Crippen LogP contribution in [0.25, 0.3) is 0 Å². The number of rotatable bonds is 2. The minimum absolute atomic E-state index is 0.221. The second-order valence-corrected chi connectivity index (χ2v) is 6.00. The smallest absolute Gasteiger partial charge is 0.209 e. The predicted octanol–water partition coefficient (Wildman–Crippen LogP) is 0.818. The molecular weight excluding hydrogens is 210 g/mol. The van der Waals surface area contributed by atoms with Crippen molar-refractivity contribution in [3.63, 3.8) is 0 Å². The molecule has 15 heavy (non-hydrogen) atoms. The highest BCUT2D eigenvalue weighted by atomic mass is 32.2. The maximum Gasteiger partial charge on any atom is 0.209 e.